The van der Waals surface area contributed by atoms with E-state index in [1.165, 1.54) is 49.2 Å². The van der Waals surface area contributed by atoms with Crippen molar-refractivity contribution in [2.24, 2.45) is 0 Å². The van der Waals surface area contributed by atoms with Crippen molar-refractivity contribution in [2.75, 3.05) is 13.1 Å². The van der Waals surface area contributed by atoms with Crippen LogP contribution < -0.4 is 5.56 Å². The number of nitrogens with one attached hydrogen (secondary N) is 3. The molecular weight excluding hydrogens is 340 g/mol. The fraction of sp³-hybridized carbons (Fsp3) is 0.450. The molecule has 3 aromatic rings. The third-order valence-corrected chi connectivity index (χ3v) is 5.55. The first kappa shape index (κ1) is 17.7. The number of aromatic amines is 3. The molecule has 0 unspecified atom stereocenters. The molecule has 0 saturated carbocycles. The van der Waals surface area contributed by atoms with E-state index in [9.17, 15) is 4.79 Å². The van der Waals surface area contributed by atoms with Gasteiger partial charge in [-0.1, -0.05) is 6.42 Å². The van der Waals surface area contributed by atoms with Crippen molar-refractivity contribution in [3.05, 3.63) is 57.2 Å². The van der Waals surface area contributed by atoms with Gasteiger partial charge in [0.2, 0.25) is 0 Å². The second kappa shape index (κ2) is 7.52. The number of hydrogen-bond donors (Lipinski definition) is 3. The van der Waals surface area contributed by atoms with Gasteiger partial charge in [-0.2, -0.15) is 0 Å². The Morgan fingerprint density at radius 1 is 1.11 bits per heavy atom. The summed E-state index contributed by atoms with van der Waals surface area (Å²) >= 11 is 0. The number of aromatic nitrogens is 5. The van der Waals surface area contributed by atoms with Crippen molar-refractivity contribution in [1.82, 2.24) is 30.0 Å². The molecule has 4 heterocycles. The van der Waals surface area contributed by atoms with Gasteiger partial charge in [0.25, 0.3) is 5.56 Å². The number of piperidine rings is 1. The molecule has 27 heavy (non-hydrogen) atoms. The van der Waals surface area contributed by atoms with E-state index < -0.39 is 0 Å². The Balaban J connectivity index is 1.62. The summed E-state index contributed by atoms with van der Waals surface area (Å²) in [6, 6.07) is 0. The summed E-state index contributed by atoms with van der Waals surface area (Å²) in [5.74, 6) is 0. The van der Waals surface area contributed by atoms with Crippen LogP contribution in [0.5, 0.6) is 0 Å². The maximum absolute atomic E-state index is 12.0. The largest absolute Gasteiger partial charge is 0.362 e. The van der Waals surface area contributed by atoms with Crippen molar-refractivity contribution in [2.45, 2.75) is 46.1 Å². The summed E-state index contributed by atoms with van der Waals surface area (Å²) in [5, 5.41) is 5.31. The van der Waals surface area contributed by atoms with E-state index in [4.69, 9.17) is 0 Å². The van der Waals surface area contributed by atoms with Crippen LogP contribution in [0.25, 0.3) is 11.3 Å². The Morgan fingerprint density at radius 2 is 1.89 bits per heavy atom. The van der Waals surface area contributed by atoms with Crippen LogP contribution in [-0.4, -0.2) is 43.1 Å². The van der Waals surface area contributed by atoms with Crippen LogP contribution in [0.1, 0.15) is 47.5 Å². The molecule has 4 rings (SSSR count). The molecule has 7 heteroatoms. The summed E-state index contributed by atoms with van der Waals surface area (Å²) in [5.41, 5.74) is 6.82. The monoisotopic (exact) mass is 366 g/mol. The first-order chi connectivity index (χ1) is 13.1. The second-order valence-electron chi connectivity index (χ2n) is 7.35. The molecule has 0 aliphatic carbocycles. The lowest BCUT2D eigenvalue weighted by atomic mass is 10.0. The molecule has 1 fully saturated rings. The minimum atomic E-state index is -0.179. The van der Waals surface area contributed by atoms with Crippen molar-refractivity contribution >= 4 is 0 Å². The van der Waals surface area contributed by atoms with E-state index in [-0.39, 0.29) is 5.56 Å². The number of hydrogen-bond acceptors (Lipinski definition) is 4. The summed E-state index contributed by atoms with van der Waals surface area (Å²) < 4.78 is 0. The highest BCUT2D eigenvalue weighted by atomic mass is 16.1. The molecule has 1 saturated heterocycles. The highest BCUT2D eigenvalue weighted by Gasteiger charge is 2.19. The van der Waals surface area contributed by atoms with E-state index in [2.05, 4.69) is 43.9 Å². The zero-order valence-corrected chi connectivity index (χ0v) is 15.9. The molecule has 0 radical (unpaired) electrons. The van der Waals surface area contributed by atoms with Crippen LogP contribution in [0.15, 0.2) is 23.4 Å². The van der Waals surface area contributed by atoms with Crippen molar-refractivity contribution in [3.63, 3.8) is 0 Å². The van der Waals surface area contributed by atoms with Crippen molar-refractivity contribution in [1.29, 1.82) is 0 Å². The average Bonchev–Trinajstić information content (AvgIpc) is 3.22. The fourth-order valence-corrected chi connectivity index (χ4v) is 3.99. The number of rotatable bonds is 5. The Hall–Kier alpha value is -2.67. The van der Waals surface area contributed by atoms with Crippen LogP contribution >= 0.6 is 0 Å². The van der Waals surface area contributed by atoms with Gasteiger partial charge in [-0.25, -0.2) is 0 Å². The van der Waals surface area contributed by atoms with Gasteiger partial charge in [-0.15, -0.1) is 0 Å². The van der Waals surface area contributed by atoms with E-state index in [1.54, 1.807) is 18.6 Å². The van der Waals surface area contributed by atoms with Crippen molar-refractivity contribution in [3.8, 4) is 11.3 Å². The molecule has 3 aromatic heterocycles. The van der Waals surface area contributed by atoms with Gasteiger partial charge >= 0.3 is 0 Å². The topological polar surface area (TPSA) is 93.5 Å². The van der Waals surface area contributed by atoms with Gasteiger partial charge in [-0.3, -0.25) is 24.8 Å². The van der Waals surface area contributed by atoms with Gasteiger partial charge in [0.05, 0.1) is 17.0 Å². The molecule has 0 amide bonds. The lowest BCUT2D eigenvalue weighted by Crippen LogP contribution is -2.29. The van der Waals surface area contributed by atoms with E-state index in [0.717, 1.165) is 17.9 Å². The smallest absolute Gasteiger partial charge is 0.273 e. The number of likely N-dealkylation sites (tertiary alicyclic amines) is 1. The lowest BCUT2D eigenvalue weighted by molar-refractivity contribution is 0.220. The van der Waals surface area contributed by atoms with E-state index in [1.807, 2.05) is 0 Å². The van der Waals surface area contributed by atoms with Crippen molar-refractivity contribution < 1.29 is 0 Å². The highest BCUT2D eigenvalue weighted by Crippen LogP contribution is 2.25. The third kappa shape index (κ3) is 3.60. The average molecular weight is 366 g/mol. The minimum Gasteiger partial charge on any atom is -0.362 e. The maximum Gasteiger partial charge on any atom is 0.273 e. The SMILES string of the molecule is Cc1[nH]c(Cc2nccnc2-c2c[nH][nH]c2=O)c(C)c1CN1CCCCC1. The molecule has 0 atom stereocenters. The molecule has 0 spiro atoms. The Kier molecular flexibility index (Phi) is 4.94. The van der Waals surface area contributed by atoms with Crippen LogP contribution in [0.4, 0.5) is 0 Å². The molecule has 3 N–H and O–H groups in total. The molecular formula is C20H26N6O. The second-order valence-corrected chi connectivity index (χ2v) is 7.35. The van der Waals surface area contributed by atoms with E-state index >= 15 is 0 Å². The zero-order valence-electron chi connectivity index (χ0n) is 15.9. The molecule has 1 aliphatic rings. The Bertz CT molecular complexity index is 977. The Labute approximate surface area is 158 Å². The quantitative estimate of drug-likeness (QED) is 0.647. The number of aryl methyl sites for hydroxylation is 1. The number of H-pyrrole nitrogens is 3. The van der Waals surface area contributed by atoms with Crippen LogP contribution in [-0.2, 0) is 13.0 Å². The van der Waals surface area contributed by atoms with Crippen LogP contribution in [0, 0.1) is 13.8 Å². The zero-order chi connectivity index (χ0) is 18.8. The van der Waals surface area contributed by atoms with Gasteiger partial charge in [0.1, 0.15) is 0 Å². The normalized spacial score (nSPS) is 15.3. The van der Waals surface area contributed by atoms with E-state index in [0.29, 0.717) is 17.7 Å². The predicted molar refractivity (Wildman–Crippen MR) is 105 cm³/mol. The maximum atomic E-state index is 12.0. The molecule has 0 bridgehead atoms. The standard InChI is InChI=1S/C20H26N6O/c1-13-16(12-26-8-4-3-5-9-26)14(2)24-17(13)10-18-19(22-7-6-21-18)15-11-23-25-20(15)27/h6-7,11,24H,3-5,8-10,12H2,1-2H3,(H2,23,25,27). The summed E-state index contributed by atoms with van der Waals surface area (Å²) in [6.45, 7) is 7.69. The first-order valence-corrected chi connectivity index (χ1v) is 9.59. The molecule has 0 aromatic carbocycles. The number of nitrogens with zero attached hydrogens (tertiary/aromatic N) is 3. The minimum absolute atomic E-state index is 0.179. The van der Waals surface area contributed by atoms with Gasteiger partial charge in [-0.05, 0) is 50.9 Å². The van der Waals surface area contributed by atoms with Crippen LogP contribution in [0.3, 0.4) is 0 Å². The van der Waals surface area contributed by atoms with Gasteiger partial charge < -0.3 is 10.1 Å². The summed E-state index contributed by atoms with van der Waals surface area (Å²) in [4.78, 5) is 27.0. The lowest BCUT2D eigenvalue weighted by Gasteiger charge is -2.26. The first-order valence-electron chi connectivity index (χ1n) is 9.59. The fourth-order valence-electron chi connectivity index (χ4n) is 3.99. The molecule has 142 valence electrons. The summed E-state index contributed by atoms with van der Waals surface area (Å²) in [6.07, 6.45) is 9.51. The third-order valence-electron chi connectivity index (χ3n) is 5.55. The summed E-state index contributed by atoms with van der Waals surface area (Å²) in [7, 11) is 0. The predicted octanol–water partition coefficient (Wildman–Crippen LogP) is 2.68. The highest BCUT2D eigenvalue weighted by molar-refractivity contribution is 5.60. The Morgan fingerprint density at radius 3 is 2.63 bits per heavy atom. The van der Waals surface area contributed by atoms with Gasteiger partial charge in [0, 0.05) is 42.9 Å². The molecule has 1 aliphatic heterocycles. The molecule has 7 nitrogen and oxygen atoms in total. The van der Waals surface area contributed by atoms with Crippen LogP contribution in [0.2, 0.25) is 0 Å². The van der Waals surface area contributed by atoms with Gasteiger partial charge in [0.15, 0.2) is 0 Å².